The molecule has 0 saturated carbocycles. The molecule has 0 aliphatic rings. The van der Waals surface area contributed by atoms with Crippen LogP contribution in [0, 0.1) is 29.6 Å². The van der Waals surface area contributed by atoms with Crippen LogP contribution in [-0.4, -0.2) is 62.0 Å². The summed E-state index contributed by atoms with van der Waals surface area (Å²) in [5.74, 6) is 3.88. The van der Waals surface area contributed by atoms with Gasteiger partial charge in [-0.1, -0.05) is 95.9 Å². The zero-order chi connectivity index (χ0) is 33.0. The number of nitrogens with zero attached hydrogens (tertiary/aromatic N) is 1. The first-order chi connectivity index (χ1) is 18.1. The van der Waals surface area contributed by atoms with Gasteiger partial charge in [0.05, 0.1) is 12.2 Å². The Morgan fingerprint density at radius 3 is 0.825 bits per heavy atom. The molecule has 0 spiro atoms. The van der Waals surface area contributed by atoms with E-state index in [4.69, 9.17) is 9.47 Å². The van der Waals surface area contributed by atoms with Gasteiger partial charge in [-0.05, 0) is 98.6 Å². The van der Waals surface area contributed by atoms with Crippen LogP contribution in [0.3, 0.4) is 0 Å². The van der Waals surface area contributed by atoms with Gasteiger partial charge in [-0.15, -0.1) is 0 Å². The van der Waals surface area contributed by atoms with Crippen molar-refractivity contribution < 1.29 is 9.47 Å². The van der Waals surface area contributed by atoms with Crippen LogP contribution in [0.5, 0.6) is 0 Å². The molecular weight excluding hydrogens is 492 g/mol. The predicted octanol–water partition coefficient (Wildman–Crippen LogP) is 10.6. The normalized spacial score (nSPS) is 11.4. The van der Waals surface area contributed by atoms with Gasteiger partial charge >= 0.3 is 0 Å². The van der Waals surface area contributed by atoms with E-state index in [0.717, 1.165) is 37.5 Å². The van der Waals surface area contributed by atoms with E-state index in [2.05, 4.69) is 156 Å². The van der Waals surface area contributed by atoms with Crippen LogP contribution in [0.1, 0.15) is 151 Å². The van der Waals surface area contributed by atoms with E-state index in [-0.39, 0.29) is 0 Å². The van der Waals surface area contributed by atoms with Gasteiger partial charge in [-0.3, -0.25) is 0 Å². The van der Waals surface area contributed by atoms with Gasteiger partial charge in [-0.25, -0.2) is 0 Å². The topological polar surface area (TPSA) is 33.7 Å². The predicted molar refractivity (Wildman–Crippen MR) is 187 cm³/mol. The van der Waals surface area contributed by atoms with Crippen molar-refractivity contribution in [2.24, 2.45) is 29.6 Å². The fourth-order valence-corrected chi connectivity index (χ4v) is 2.50. The Kier molecular flexibility index (Phi) is 41.3. The largest absolute Gasteiger partial charge is 0.379 e. The standard InChI is InChI=1S/C8H18.2C7H17N.2C7H16O/c1-7(2)5-6-8(3)4;1-6(2)8(5)7(3)4;3*1-6(2)5-8-7(3)4/h7-8H,5-6H2,1-4H3;6-7H,1-5H3;6-8H,5H2,1-4H3;2*6-7H,5H2,1-4H3. The summed E-state index contributed by atoms with van der Waals surface area (Å²) in [6.45, 7) is 46.5. The first-order valence-electron chi connectivity index (χ1n) is 16.7. The molecule has 0 unspecified atom stereocenters. The third-order valence-corrected chi connectivity index (χ3v) is 5.41. The van der Waals surface area contributed by atoms with E-state index >= 15 is 0 Å². The molecule has 4 heteroatoms. The molecular formula is C36H84N2O2. The summed E-state index contributed by atoms with van der Waals surface area (Å²) in [5.41, 5.74) is 0. The van der Waals surface area contributed by atoms with Gasteiger partial charge < -0.3 is 19.7 Å². The fourth-order valence-electron chi connectivity index (χ4n) is 2.50. The van der Waals surface area contributed by atoms with Crippen molar-refractivity contribution in [3.8, 4) is 0 Å². The van der Waals surface area contributed by atoms with Crippen molar-refractivity contribution in [2.75, 3.05) is 26.8 Å². The van der Waals surface area contributed by atoms with Crippen molar-refractivity contribution in [1.82, 2.24) is 10.2 Å². The van der Waals surface area contributed by atoms with E-state index in [1.165, 1.54) is 12.8 Å². The first-order valence-corrected chi connectivity index (χ1v) is 16.7. The molecule has 0 atom stereocenters. The average Bonchev–Trinajstić information content (AvgIpc) is 2.79. The van der Waals surface area contributed by atoms with Crippen molar-refractivity contribution in [3.63, 3.8) is 0 Å². The van der Waals surface area contributed by atoms with Crippen LogP contribution >= 0.6 is 0 Å². The summed E-state index contributed by atoms with van der Waals surface area (Å²) in [6.07, 6.45) is 3.55. The lowest BCUT2D eigenvalue weighted by Gasteiger charge is -2.24. The number of hydrogen-bond donors (Lipinski definition) is 1. The summed E-state index contributed by atoms with van der Waals surface area (Å²) >= 11 is 0. The molecule has 40 heavy (non-hydrogen) atoms. The maximum atomic E-state index is 5.30. The van der Waals surface area contributed by atoms with E-state index in [0.29, 0.717) is 42.2 Å². The highest BCUT2D eigenvalue weighted by Gasteiger charge is 2.05. The van der Waals surface area contributed by atoms with Crippen LogP contribution < -0.4 is 5.32 Å². The zero-order valence-corrected chi connectivity index (χ0v) is 32.1. The monoisotopic (exact) mass is 577 g/mol. The molecule has 0 rings (SSSR count). The minimum atomic E-state index is 0.386. The highest BCUT2D eigenvalue weighted by Crippen LogP contribution is 2.09. The van der Waals surface area contributed by atoms with Gasteiger partial charge in [0, 0.05) is 31.3 Å². The zero-order valence-electron chi connectivity index (χ0n) is 32.1. The van der Waals surface area contributed by atoms with Crippen molar-refractivity contribution in [1.29, 1.82) is 0 Å². The minimum Gasteiger partial charge on any atom is -0.379 e. The molecule has 0 heterocycles. The van der Waals surface area contributed by atoms with E-state index in [9.17, 15) is 0 Å². The summed E-state index contributed by atoms with van der Waals surface area (Å²) in [7, 11) is 2.15. The fraction of sp³-hybridized carbons (Fsp3) is 1.00. The molecule has 0 aromatic rings. The van der Waals surface area contributed by atoms with E-state index in [1.807, 2.05) is 0 Å². The lowest BCUT2D eigenvalue weighted by Crippen LogP contribution is -2.32. The second-order valence-electron chi connectivity index (χ2n) is 14.7. The second kappa shape index (κ2) is 33.3. The van der Waals surface area contributed by atoms with Crippen LogP contribution in [0.15, 0.2) is 0 Å². The summed E-state index contributed by atoms with van der Waals surface area (Å²) < 4.78 is 10.6. The van der Waals surface area contributed by atoms with Crippen LogP contribution in [-0.2, 0) is 9.47 Å². The Labute approximate surface area is 257 Å². The molecule has 0 aromatic carbocycles. The Morgan fingerprint density at radius 2 is 0.750 bits per heavy atom. The Bertz CT molecular complexity index is 338. The molecule has 0 aliphatic carbocycles. The van der Waals surface area contributed by atoms with Gasteiger partial charge in [0.15, 0.2) is 0 Å². The van der Waals surface area contributed by atoms with E-state index in [1.54, 1.807) is 0 Å². The molecule has 0 saturated heterocycles. The number of rotatable bonds is 14. The molecule has 0 aliphatic heterocycles. The number of hydrogen-bond acceptors (Lipinski definition) is 4. The van der Waals surface area contributed by atoms with Gasteiger partial charge in [0.2, 0.25) is 0 Å². The van der Waals surface area contributed by atoms with Gasteiger partial charge in [0.25, 0.3) is 0 Å². The lowest BCUT2D eigenvalue weighted by molar-refractivity contribution is 0.0591. The number of nitrogens with one attached hydrogen (secondary N) is 1. The molecule has 0 amide bonds. The third kappa shape index (κ3) is 66.3. The molecule has 250 valence electrons. The maximum Gasteiger partial charge on any atom is 0.0518 e. The SMILES string of the molecule is CC(C)CCC(C)C.CC(C)CNC(C)C.CC(C)COC(C)C.CC(C)COC(C)C.CC(C)N(C)C(C)C. The molecule has 0 fully saturated rings. The summed E-state index contributed by atoms with van der Waals surface area (Å²) in [6, 6.07) is 1.99. The van der Waals surface area contributed by atoms with Gasteiger partial charge in [-0.2, -0.15) is 0 Å². The highest BCUT2D eigenvalue weighted by molar-refractivity contribution is 4.60. The lowest BCUT2D eigenvalue weighted by atomic mass is 10.0. The Balaban J connectivity index is -0.000000128. The average molecular weight is 577 g/mol. The Hall–Kier alpha value is -0.160. The molecule has 1 N–H and O–H groups in total. The van der Waals surface area contributed by atoms with Crippen molar-refractivity contribution in [3.05, 3.63) is 0 Å². The first kappa shape index (κ1) is 49.5. The summed E-state index contributed by atoms with van der Waals surface area (Å²) in [4.78, 5) is 2.33. The summed E-state index contributed by atoms with van der Waals surface area (Å²) in [5, 5.41) is 3.34. The minimum absolute atomic E-state index is 0.386. The van der Waals surface area contributed by atoms with Gasteiger partial charge in [0.1, 0.15) is 0 Å². The van der Waals surface area contributed by atoms with Crippen LogP contribution in [0.4, 0.5) is 0 Å². The van der Waals surface area contributed by atoms with Crippen molar-refractivity contribution >= 4 is 0 Å². The van der Waals surface area contributed by atoms with Crippen LogP contribution in [0.2, 0.25) is 0 Å². The maximum absolute atomic E-state index is 5.30. The smallest absolute Gasteiger partial charge is 0.0518 e. The molecule has 0 bridgehead atoms. The van der Waals surface area contributed by atoms with Crippen LogP contribution in [0.25, 0.3) is 0 Å². The van der Waals surface area contributed by atoms with E-state index < -0.39 is 0 Å². The molecule has 0 aromatic heterocycles. The Morgan fingerprint density at radius 1 is 0.450 bits per heavy atom. The second-order valence-corrected chi connectivity index (χ2v) is 14.7. The highest BCUT2D eigenvalue weighted by atomic mass is 16.5. The molecule has 0 radical (unpaired) electrons. The number of ether oxygens (including phenoxy) is 2. The molecule has 4 nitrogen and oxygen atoms in total. The third-order valence-electron chi connectivity index (χ3n) is 5.41. The quantitative estimate of drug-likeness (QED) is 0.223. The van der Waals surface area contributed by atoms with Crippen molar-refractivity contribution in [2.45, 2.75) is 182 Å².